The SMILES string of the molecule is COCCOc1ncc(B(O)O)cc1C(=O)OC.COCCOc1ncc(B2OC(C)(C)C(C)(C)O2)cc1C(=O)OC.COCCOc1ncc(Br)cc1C(=O)OC. The van der Waals surface area contributed by atoms with E-state index in [1.54, 1.807) is 38.7 Å². The maximum atomic E-state index is 12.0. The molecule has 0 radical (unpaired) electrons. The highest BCUT2D eigenvalue weighted by Gasteiger charge is 2.52. The van der Waals surface area contributed by atoms with Crippen LogP contribution in [0.4, 0.5) is 0 Å². The summed E-state index contributed by atoms with van der Waals surface area (Å²) >= 11 is 3.23. The van der Waals surface area contributed by atoms with Gasteiger partial charge in [-0.1, -0.05) is 0 Å². The molecule has 0 atom stereocenters. The van der Waals surface area contributed by atoms with Crippen LogP contribution in [0, 0.1) is 0 Å². The first-order chi connectivity index (χ1) is 27.5. The first-order valence-electron chi connectivity index (χ1n) is 17.5. The summed E-state index contributed by atoms with van der Waals surface area (Å²) in [6, 6.07) is 4.48. The minimum atomic E-state index is -1.71. The minimum absolute atomic E-state index is 0.0270. The highest BCUT2D eigenvalue weighted by Crippen LogP contribution is 2.36. The van der Waals surface area contributed by atoms with E-state index in [0.717, 1.165) is 0 Å². The van der Waals surface area contributed by atoms with Crippen LogP contribution in [0.1, 0.15) is 58.8 Å². The Kier molecular flexibility index (Phi) is 21.0. The molecule has 0 aliphatic carbocycles. The molecule has 19 nitrogen and oxygen atoms in total. The Bertz CT molecular complexity index is 1770. The third-order valence-electron chi connectivity index (χ3n) is 8.18. The zero-order valence-corrected chi connectivity index (χ0v) is 35.8. The normalized spacial score (nSPS) is 13.5. The van der Waals surface area contributed by atoms with Crippen LogP contribution in [0.5, 0.6) is 17.6 Å². The highest BCUT2D eigenvalue weighted by molar-refractivity contribution is 9.10. The van der Waals surface area contributed by atoms with E-state index < -0.39 is 43.3 Å². The molecule has 1 saturated heterocycles. The molecule has 1 aliphatic rings. The maximum absolute atomic E-state index is 12.0. The summed E-state index contributed by atoms with van der Waals surface area (Å²) < 4.78 is 57.2. The maximum Gasteiger partial charge on any atom is 0.496 e. The smallest absolute Gasteiger partial charge is 0.475 e. The Morgan fingerprint density at radius 2 is 1.00 bits per heavy atom. The lowest BCUT2D eigenvalue weighted by Gasteiger charge is -2.32. The zero-order valence-electron chi connectivity index (χ0n) is 34.2. The average molecular weight is 882 g/mol. The Balaban J connectivity index is 0.000000308. The summed E-state index contributed by atoms with van der Waals surface area (Å²) in [4.78, 5) is 47.0. The number of hydrogen-bond acceptors (Lipinski definition) is 19. The third kappa shape index (κ3) is 14.8. The second-order valence-electron chi connectivity index (χ2n) is 12.7. The Labute approximate surface area is 346 Å². The molecular formula is C36H50B2BrN3O16. The molecule has 0 aromatic carbocycles. The fraction of sp³-hybridized carbons (Fsp3) is 0.500. The molecule has 0 amide bonds. The molecule has 2 N–H and O–H groups in total. The van der Waals surface area contributed by atoms with Gasteiger partial charge in [0.15, 0.2) is 0 Å². The molecule has 1 fully saturated rings. The van der Waals surface area contributed by atoms with Crippen LogP contribution < -0.4 is 25.1 Å². The van der Waals surface area contributed by atoms with Gasteiger partial charge in [0.25, 0.3) is 0 Å². The van der Waals surface area contributed by atoms with Crippen molar-refractivity contribution in [1.29, 1.82) is 0 Å². The lowest BCUT2D eigenvalue weighted by Crippen LogP contribution is -2.41. The molecule has 3 aromatic heterocycles. The Morgan fingerprint density at radius 1 is 0.621 bits per heavy atom. The molecule has 318 valence electrons. The van der Waals surface area contributed by atoms with Crippen molar-refractivity contribution in [3.05, 3.63) is 58.0 Å². The van der Waals surface area contributed by atoms with Crippen molar-refractivity contribution >= 4 is 59.0 Å². The Hall–Kier alpha value is -4.41. The molecule has 0 saturated carbocycles. The van der Waals surface area contributed by atoms with Crippen molar-refractivity contribution in [2.75, 3.05) is 82.3 Å². The average Bonchev–Trinajstić information content (AvgIpc) is 3.43. The molecule has 4 rings (SSSR count). The molecule has 0 spiro atoms. The Morgan fingerprint density at radius 3 is 1.40 bits per heavy atom. The van der Waals surface area contributed by atoms with Gasteiger partial charge in [0, 0.05) is 55.3 Å². The summed E-state index contributed by atoms with van der Waals surface area (Å²) in [6.45, 7) is 9.83. The number of carbonyl (C=O) groups excluding carboxylic acids is 3. The number of carbonyl (C=O) groups is 3. The predicted molar refractivity (Wildman–Crippen MR) is 212 cm³/mol. The first kappa shape index (κ1) is 49.7. The molecule has 4 heterocycles. The van der Waals surface area contributed by atoms with Crippen LogP contribution in [-0.2, 0) is 37.7 Å². The molecular weight excluding hydrogens is 832 g/mol. The van der Waals surface area contributed by atoms with E-state index in [1.807, 2.05) is 27.7 Å². The van der Waals surface area contributed by atoms with Crippen LogP contribution in [0.15, 0.2) is 41.3 Å². The summed E-state index contributed by atoms with van der Waals surface area (Å²) in [5.74, 6) is -1.19. The van der Waals surface area contributed by atoms with Gasteiger partial charge >= 0.3 is 32.1 Å². The topological polar surface area (TPSA) is 232 Å². The largest absolute Gasteiger partial charge is 0.496 e. The minimum Gasteiger partial charge on any atom is -0.475 e. The van der Waals surface area contributed by atoms with Gasteiger partial charge in [-0.2, -0.15) is 0 Å². The van der Waals surface area contributed by atoms with Crippen molar-refractivity contribution < 1.29 is 76.4 Å². The number of aromatic nitrogens is 3. The van der Waals surface area contributed by atoms with E-state index in [9.17, 15) is 14.4 Å². The highest BCUT2D eigenvalue weighted by atomic mass is 79.9. The molecule has 3 aromatic rings. The van der Waals surface area contributed by atoms with Gasteiger partial charge in [-0.3, -0.25) is 0 Å². The van der Waals surface area contributed by atoms with Crippen molar-refractivity contribution in [3.63, 3.8) is 0 Å². The van der Waals surface area contributed by atoms with Crippen molar-refractivity contribution in [1.82, 2.24) is 15.0 Å². The second-order valence-corrected chi connectivity index (χ2v) is 13.6. The lowest BCUT2D eigenvalue weighted by atomic mass is 9.79. The fourth-order valence-electron chi connectivity index (χ4n) is 4.39. The summed E-state index contributed by atoms with van der Waals surface area (Å²) in [5, 5.41) is 18.0. The summed E-state index contributed by atoms with van der Waals surface area (Å²) in [5.41, 5.74) is 0.295. The molecule has 0 unspecified atom stereocenters. The number of hydrogen-bond donors (Lipinski definition) is 2. The van der Waals surface area contributed by atoms with E-state index in [4.69, 9.17) is 52.5 Å². The zero-order chi connectivity index (χ0) is 43.5. The van der Waals surface area contributed by atoms with Gasteiger partial charge in [-0.15, -0.1) is 0 Å². The molecule has 58 heavy (non-hydrogen) atoms. The monoisotopic (exact) mass is 881 g/mol. The molecule has 1 aliphatic heterocycles. The van der Waals surface area contributed by atoms with Crippen LogP contribution in [0.25, 0.3) is 0 Å². The number of methoxy groups -OCH3 is 6. The quantitative estimate of drug-likeness (QED) is 0.0845. The molecule has 0 bridgehead atoms. The fourth-order valence-corrected chi connectivity index (χ4v) is 4.72. The van der Waals surface area contributed by atoms with Gasteiger partial charge in [0.1, 0.15) is 36.5 Å². The standard InChI is InChI=1S/C16H24BNO6.C10H14BNO6.C10H12BrNO4/c1-15(2)16(3,4)24-17(23-15)11-9-12(14(19)21-6)13(18-10-11)22-8-7-20-5;1-16-3-4-18-9-8(10(13)17-2)5-7(6-12-9)11(14)15;1-14-3-4-16-9-8(10(13)15-2)5-7(11)6-12-9/h9-10H,7-8H2,1-6H3;5-6,14-15H,3-4H2,1-2H3;5-6H,3-4H2,1-2H3. The van der Waals surface area contributed by atoms with E-state index in [2.05, 4.69) is 40.4 Å². The van der Waals surface area contributed by atoms with Gasteiger partial charge in [-0.25, -0.2) is 29.3 Å². The van der Waals surface area contributed by atoms with E-state index in [1.165, 1.54) is 40.7 Å². The summed E-state index contributed by atoms with van der Waals surface area (Å²) in [7, 11) is 6.16. The number of esters is 3. The van der Waals surface area contributed by atoms with Crippen LogP contribution in [-0.4, -0.2) is 151 Å². The van der Waals surface area contributed by atoms with E-state index in [0.29, 0.717) is 36.4 Å². The van der Waals surface area contributed by atoms with Gasteiger partial charge < -0.3 is 62.0 Å². The number of ether oxygens (including phenoxy) is 9. The number of pyridine rings is 3. The van der Waals surface area contributed by atoms with Crippen molar-refractivity contribution in [2.24, 2.45) is 0 Å². The second kappa shape index (κ2) is 24.5. The third-order valence-corrected chi connectivity index (χ3v) is 8.61. The number of halogens is 1. The van der Waals surface area contributed by atoms with Crippen molar-refractivity contribution in [2.45, 2.75) is 38.9 Å². The van der Waals surface area contributed by atoms with E-state index >= 15 is 0 Å². The lowest BCUT2D eigenvalue weighted by molar-refractivity contribution is 0.00578. The number of rotatable bonds is 17. The van der Waals surface area contributed by atoms with Crippen molar-refractivity contribution in [3.8, 4) is 17.6 Å². The van der Waals surface area contributed by atoms with Crippen LogP contribution in [0.2, 0.25) is 0 Å². The van der Waals surface area contributed by atoms with Gasteiger partial charge in [-0.05, 0) is 61.8 Å². The van der Waals surface area contributed by atoms with Gasteiger partial charge in [0.2, 0.25) is 17.6 Å². The first-order valence-corrected chi connectivity index (χ1v) is 18.3. The predicted octanol–water partition coefficient (Wildman–Crippen LogP) is 1.42. The summed E-state index contributed by atoms with van der Waals surface area (Å²) in [6.07, 6.45) is 4.34. The molecule has 22 heteroatoms. The van der Waals surface area contributed by atoms with Crippen LogP contribution in [0.3, 0.4) is 0 Å². The van der Waals surface area contributed by atoms with E-state index in [-0.39, 0.29) is 53.0 Å². The van der Waals surface area contributed by atoms with Crippen LogP contribution >= 0.6 is 15.9 Å². The number of nitrogens with zero attached hydrogens (tertiary/aromatic N) is 3. The van der Waals surface area contributed by atoms with Gasteiger partial charge in [0.05, 0.1) is 52.4 Å².